The van der Waals surface area contributed by atoms with Gasteiger partial charge in [0.05, 0.1) is 11.4 Å². The van der Waals surface area contributed by atoms with Gasteiger partial charge in [0, 0.05) is 31.0 Å². The summed E-state index contributed by atoms with van der Waals surface area (Å²) in [6.07, 6.45) is 4.18. The van der Waals surface area contributed by atoms with E-state index in [-0.39, 0.29) is 11.8 Å². The molecule has 2 aliphatic rings. The van der Waals surface area contributed by atoms with E-state index in [2.05, 4.69) is 14.7 Å². The van der Waals surface area contributed by atoms with Gasteiger partial charge < -0.3 is 9.42 Å². The highest BCUT2D eigenvalue weighted by atomic mass is 32.1. The summed E-state index contributed by atoms with van der Waals surface area (Å²) in [4.78, 5) is 15.3. The van der Waals surface area contributed by atoms with Crippen molar-refractivity contribution < 1.29 is 9.32 Å². The van der Waals surface area contributed by atoms with Gasteiger partial charge in [-0.05, 0) is 44.1 Å². The highest BCUT2D eigenvalue weighted by Crippen LogP contribution is 2.37. The Balaban J connectivity index is 1.56. The summed E-state index contributed by atoms with van der Waals surface area (Å²) >= 11 is 1.34. The minimum atomic E-state index is 0.246. The third-order valence-electron chi connectivity index (χ3n) is 4.41. The molecule has 3 heterocycles. The molecule has 1 aliphatic carbocycles. The van der Waals surface area contributed by atoms with E-state index >= 15 is 0 Å². The van der Waals surface area contributed by atoms with Crippen molar-refractivity contribution in [2.75, 3.05) is 13.1 Å². The monoisotopic (exact) mass is 318 g/mol. The first-order valence-electron chi connectivity index (χ1n) is 7.77. The van der Waals surface area contributed by atoms with Crippen LogP contribution in [0.1, 0.15) is 43.0 Å². The SMILES string of the molecule is Cc1cc(-c2snnc2C2CCCN(C(=O)C3CC3)C2)on1. The predicted molar refractivity (Wildman–Crippen MR) is 81.4 cm³/mol. The molecule has 1 aliphatic heterocycles. The van der Waals surface area contributed by atoms with Crippen molar-refractivity contribution in [3.05, 3.63) is 17.5 Å². The van der Waals surface area contributed by atoms with Crippen LogP contribution < -0.4 is 0 Å². The Morgan fingerprint density at radius 3 is 3.00 bits per heavy atom. The largest absolute Gasteiger partial charge is 0.355 e. The Labute approximate surface area is 132 Å². The van der Waals surface area contributed by atoms with Crippen LogP contribution in [0.5, 0.6) is 0 Å². The maximum Gasteiger partial charge on any atom is 0.225 e. The average Bonchev–Trinajstić information content (AvgIpc) is 3.11. The Morgan fingerprint density at radius 2 is 2.27 bits per heavy atom. The minimum Gasteiger partial charge on any atom is -0.355 e. The molecule has 6 nitrogen and oxygen atoms in total. The van der Waals surface area contributed by atoms with E-state index in [0.29, 0.717) is 5.91 Å². The van der Waals surface area contributed by atoms with Gasteiger partial charge in [-0.1, -0.05) is 9.64 Å². The summed E-state index contributed by atoms with van der Waals surface area (Å²) in [7, 11) is 0. The summed E-state index contributed by atoms with van der Waals surface area (Å²) in [5.41, 5.74) is 1.80. The van der Waals surface area contributed by atoms with E-state index in [4.69, 9.17) is 4.52 Å². The summed E-state index contributed by atoms with van der Waals surface area (Å²) < 4.78 is 9.46. The highest BCUT2D eigenvalue weighted by molar-refractivity contribution is 7.09. The molecule has 2 fully saturated rings. The van der Waals surface area contributed by atoms with Gasteiger partial charge in [-0.3, -0.25) is 4.79 Å². The molecule has 0 spiro atoms. The van der Waals surface area contributed by atoms with Gasteiger partial charge in [0.15, 0.2) is 5.76 Å². The number of carbonyl (C=O) groups excluding carboxylic acids is 1. The Kier molecular flexibility index (Phi) is 3.44. The van der Waals surface area contributed by atoms with E-state index < -0.39 is 0 Å². The smallest absolute Gasteiger partial charge is 0.225 e. The quantitative estimate of drug-likeness (QED) is 0.870. The highest BCUT2D eigenvalue weighted by Gasteiger charge is 2.36. The first kappa shape index (κ1) is 13.9. The van der Waals surface area contributed by atoms with Crippen molar-refractivity contribution in [3.8, 4) is 10.6 Å². The number of hydrogen-bond donors (Lipinski definition) is 0. The zero-order valence-corrected chi connectivity index (χ0v) is 13.3. The molecule has 0 radical (unpaired) electrons. The van der Waals surface area contributed by atoms with Crippen molar-refractivity contribution in [2.45, 2.75) is 38.5 Å². The summed E-state index contributed by atoms with van der Waals surface area (Å²) in [6.45, 7) is 3.53. The lowest BCUT2D eigenvalue weighted by atomic mass is 9.93. The summed E-state index contributed by atoms with van der Waals surface area (Å²) in [5.74, 6) is 1.58. The van der Waals surface area contributed by atoms with Gasteiger partial charge in [0.1, 0.15) is 4.88 Å². The number of aryl methyl sites for hydroxylation is 1. The molecule has 0 N–H and O–H groups in total. The van der Waals surface area contributed by atoms with Gasteiger partial charge in [-0.25, -0.2) is 0 Å². The third-order valence-corrected chi connectivity index (χ3v) is 5.17. The maximum absolute atomic E-state index is 12.3. The molecule has 22 heavy (non-hydrogen) atoms. The fourth-order valence-corrected chi connectivity index (χ4v) is 3.79. The molecular weight excluding hydrogens is 300 g/mol. The van der Waals surface area contributed by atoms with Crippen molar-refractivity contribution >= 4 is 17.4 Å². The van der Waals surface area contributed by atoms with Crippen molar-refractivity contribution in [2.24, 2.45) is 5.92 Å². The minimum absolute atomic E-state index is 0.246. The summed E-state index contributed by atoms with van der Waals surface area (Å²) in [5, 5.41) is 8.27. The van der Waals surface area contributed by atoms with Crippen molar-refractivity contribution in [1.82, 2.24) is 19.6 Å². The zero-order valence-electron chi connectivity index (χ0n) is 12.5. The number of aromatic nitrogens is 3. The van der Waals surface area contributed by atoms with Crippen LogP contribution in [0.2, 0.25) is 0 Å². The van der Waals surface area contributed by atoms with Crippen LogP contribution in [0, 0.1) is 12.8 Å². The average molecular weight is 318 g/mol. The molecule has 4 rings (SSSR count). The second-order valence-electron chi connectivity index (χ2n) is 6.22. The first-order valence-corrected chi connectivity index (χ1v) is 8.54. The topological polar surface area (TPSA) is 72.1 Å². The van der Waals surface area contributed by atoms with Crippen LogP contribution >= 0.6 is 11.5 Å². The molecule has 1 atom stereocenters. The van der Waals surface area contributed by atoms with Crippen LogP contribution in [0.15, 0.2) is 10.6 Å². The zero-order chi connectivity index (χ0) is 15.1. The van der Waals surface area contributed by atoms with Gasteiger partial charge in [0.25, 0.3) is 0 Å². The van der Waals surface area contributed by atoms with E-state index in [1.807, 2.05) is 17.9 Å². The van der Waals surface area contributed by atoms with E-state index in [9.17, 15) is 4.79 Å². The number of likely N-dealkylation sites (tertiary alicyclic amines) is 1. The fraction of sp³-hybridized carbons (Fsp3) is 0.600. The third kappa shape index (κ3) is 2.54. The standard InChI is InChI=1S/C15H18N4O2S/c1-9-7-12(21-17-9)14-13(16-18-22-14)11-3-2-6-19(8-11)15(20)10-4-5-10/h7,10-11H,2-6,8H2,1H3. The molecule has 116 valence electrons. The number of carbonyl (C=O) groups is 1. The van der Waals surface area contributed by atoms with Crippen LogP contribution in [0.25, 0.3) is 10.6 Å². The van der Waals surface area contributed by atoms with E-state index in [1.54, 1.807) is 0 Å². The number of amides is 1. The molecule has 1 saturated carbocycles. The molecule has 2 aromatic heterocycles. The lowest BCUT2D eigenvalue weighted by molar-refractivity contribution is -0.133. The summed E-state index contributed by atoms with van der Waals surface area (Å²) in [6, 6.07) is 1.91. The second kappa shape index (κ2) is 5.46. The van der Waals surface area contributed by atoms with Gasteiger partial charge >= 0.3 is 0 Å². The van der Waals surface area contributed by atoms with Gasteiger partial charge in [-0.2, -0.15) is 0 Å². The molecule has 1 saturated heterocycles. The van der Waals surface area contributed by atoms with Gasteiger partial charge in [0.2, 0.25) is 5.91 Å². The molecule has 2 aromatic rings. The van der Waals surface area contributed by atoms with E-state index in [0.717, 1.165) is 60.8 Å². The lowest BCUT2D eigenvalue weighted by Gasteiger charge is -2.32. The number of rotatable bonds is 3. The van der Waals surface area contributed by atoms with Crippen LogP contribution in [-0.4, -0.2) is 38.6 Å². The Hall–Kier alpha value is -1.76. The molecule has 1 unspecified atom stereocenters. The molecule has 7 heteroatoms. The Bertz CT molecular complexity index is 691. The molecule has 1 amide bonds. The number of piperidine rings is 1. The number of hydrogen-bond acceptors (Lipinski definition) is 6. The first-order chi connectivity index (χ1) is 10.7. The van der Waals surface area contributed by atoms with Crippen molar-refractivity contribution in [3.63, 3.8) is 0 Å². The normalized spacial score (nSPS) is 22.0. The van der Waals surface area contributed by atoms with Crippen LogP contribution in [-0.2, 0) is 4.79 Å². The lowest BCUT2D eigenvalue weighted by Crippen LogP contribution is -2.40. The second-order valence-corrected chi connectivity index (χ2v) is 6.97. The van der Waals surface area contributed by atoms with Crippen LogP contribution in [0.4, 0.5) is 0 Å². The van der Waals surface area contributed by atoms with Crippen LogP contribution in [0.3, 0.4) is 0 Å². The van der Waals surface area contributed by atoms with E-state index in [1.165, 1.54) is 11.5 Å². The maximum atomic E-state index is 12.3. The fourth-order valence-electron chi connectivity index (χ4n) is 3.10. The van der Waals surface area contributed by atoms with Crippen molar-refractivity contribution in [1.29, 1.82) is 0 Å². The number of nitrogens with zero attached hydrogens (tertiary/aromatic N) is 4. The molecular formula is C15H18N4O2S. The molecule has 0 aromatic carbocycles. The van der Waals surface area contributed by atoms with Gasteiger partial charge in [-0.15, -0.1) is 5.10 Å². The molecule has 0 bridgehead atoms. The predicted octanol–water partition coefficient (Wildman–Crippen LogP) is 2.62. The Morgan fingerprint density at radius 1 is 1.41 bits per heavy atom.